The summed E-state index contributed by atoms with van der Waals surface area (Å²) in [6.07, 6.45) is 0.149. The van der Waals surface area contributed by atoms with Gasteiger partial charge in [0.25, 0.3) is 0 Å². The highest BCUT2D eigenvalue weighted by Crippen LogP contribution is 2.27. The molecule has 0 radical (unpaired) electrons. The molecule has 0 unspecified atom stereocenters. The quantitative estimate of drug-likeness (QED) is 0.376. The number of Topliss-reactive ketones (excluding diaryl/α,β-unsaturated/α-hetero) is 2. The fraction of sp³-hybridized carbons (Fsp3) is 0.0833. The fourth-order valence-corrected chi connectivity index (χ4v) is 3.06. The lowest BCUT2D eigenvalue weighted by molar-refractivity contribution is 0.0998. The number of carbonyl (C=O) groups is 2. The van der Waals surface area contributed by atoms with E-state index in [-0.39, 0.29) is 18.0 Å². The molecule has 0 spiro atoms. The molecule has 0 aliphatic carbocycles. The Morgan fingerprint density at radius 2 is 1.22 bits per heavy atom. The van der Waals surface area contributed by atoms with Crippen LogP contribution in [0.1, 0.15) is 39.6 Å². The van der Waals surface area contributed by atoms with E-state index >= 15 is 0 Å². The van der Waals surface area contributed by atoms with E-state index in [4.69, 9.17) is 11.6 Å². The van der Waals surface area contributed by atoms with Gasteiger partial charge in [0.1, 0.15) is 0 Å². The van der Waals surface area contributed by atoms with Crippen LogP contribution in [-0.4, -0.2) is 11.6 Å². The summed E-state index contributed by atoms with van der Waals surface area (Å²) in [6.45, 7) is 1.78. The van der Waals surface area contributed by atoms with Crippen LogP contribution in [0, 0.1) is 0 Å². The Morgan fingerprint density at radius 1 is 0.704 bits per heavy atom. The molecule has 0 saturated carbocycles. The van der Waals surface area contributed by atoms with E-state index in [1.807, 2.05) is 48.5 Å². The summed E-state index contributed by atoms with van der Waals surface area (Å²) in [5.41, 5.74) is 3.39. The van der Waals surface area contributed by atoms with Crippen molar-refractivity contribution in [1.82, 2.24) is 0 Å². The summed E-state index contributed by atoms with van der Waals surface area (Å²) in [5.74, 6) is -0.121. The molecule has 0 heterocycles. The van der Waals surface area contributed by atoms with E-state index in [1.165, 1.54) is 0 Å². The zero-order chi connectivity index (χ0) is 19.2. The summed E-state index contributed by atoms with van der Waals surface area (Å²) in [7, 11) is 0. The minimum Gasteiger partial charge on any atom is -0.294 e. The highest BCUT2D eigenvalue weighted by Gasteiger charge is 2.18. The zero-order valence-corrected chi connectivity index (χ0v) is 15.7. The van der Waals surface area contributed by atoms with Crippen LogP contribution in [0.3, 0.4) is 0 Å². The van der Waals surface area contributed by atoms with Crippen LogP contribution in [0.2, 0.25) is 5.02 Å². The number of allylic oxidation sites excluding steroid dienone is 2. The molecule has 0 aliphatic heterocycles. The first-order chi connectivity index (χ1) is 13.1. The number of benzene rings is 3. The number of hydrogen-bond donors (Lipinski definition) is 0. The molecule has 3 aromatic rings. The summed E-state index contributed by atoms with van der Waals surface area (Å²) in [6, 6.07) is 25.5. The van der Waals surface area contributed by atoms with Gasteiger partial charge >= 0.3 is 0 Å². The molecule has 0 bridgehead atoms. The van der Waals surface area contributed by atoms with Crippen molar-refractivity contribution in [3.63, 3.8) is 0 Å². The molecule has 3 aromatic carbocycles. The Morgan fingerprint density at radius 3 is 1.78 bits per heavy atom. The van der Waals surface area contributed by atoms with Gasteiger partial charge in [-0.1, -0.05) is 72.3 Å². The third-order valence-electron chi connectivity index (χ3n) is 4.46. The lowest BCUT2D eigenvalue weighted by atomic mass is 9.90. The molecule has 2 nitrogen and oxygen atoms in total. The van der Waals surface area contributed by atoms with E-state index in [1.54, 1.807) is 43.3 Å². The van der Waals surface area contributed by atoms with Crippen molar-refractivity contribution in [3.05, 3.63) is 112 Å². The van der Waals surface area contributed by atoms with Crippen LogP contribution in [0.5, 0.6) is 0 Å². The van der Waals surface area contributed by atoms with E-state index in [2.05, 4.69) is 0 Å². The lowest BCUT2D eigenvalue weighted by Crippen LogP contribution is -2.07. The highest BCUT2D eigenvalue weighted by atomic mass is 35.5. The van der Waals surface area contributed by atoms with Crippen molar-refractivity contribution in [3.8, 4) is 0 Å². The number of halogens is 1. The third-order valence-corrected chi connectivity index (χ3v) is 4.71. The third kappa shape index (κ3) is 4.60. The number of hydrogen-bond acceptors (Lipinski definition) is 2. The van der Waals surface area contributed by atoms with Crippen LogP contribution < -0.4 is 0 Å². The summed E-state index contributed by atoms with van der Waals surface area (Å²) < 4.78 is 0. The summed E-state index contributed by atoms with van der Waals surface area (Å²) >= 11 is 5.91. The minimum atomic E-state index is -0.0710. The maximum absolute atomic E-state index is 12.9. The van der Waals surface area contributed by atoms with Gasteiger partial charge in [0.05, 0.1) is 0 Å². The summed E-state index contributed by atoms with van der Waals surface area (Å²) in [4.78, 5) is 25.8. The maximum Gasteiger partial charge on any atom is 0.189 e. The smallest absolute Gasteiger partial charge is 0.189 e. The molecular formula is C24H19ClO2. The lowest BCUT2D eigenvalue weighted by Gasteiger charge is -2.12. The van der Waals surface area contributed by atoms with Crippen molar-refractivity contribution in [2.24, 2.45) is 0 Å². The highest BCUT2D eigenvalue weighted by molar-refractivity contribution is 6.30. The first-order valence-electron chi connectivity index (χ1n) is 8.70. The monoisotopic (exact) mass is 374 g/mol. The minimum absolute atomic E-state index is 0.0502. The Balaban J connectivity index is 2.00. The van der Waals surface area contributed by atoms with Gasteiger partial charge in [-0.2, -0.15) is 0 Å². The van der Waals surface area contributed by atoms with Crippen LogP contribution >= 0.6 is 11.6 Å². The SMILES string of the molecule is C/C(C(=O)c1ccccc1)=C(\CC(=O)c1ccc(Cl)cc1)c1ccccc1. The Hall–Kier alpha value is -2.97. The van der Waals surface area contributed by atoms with Gasteiger partial charge in [0, 0.05) is 28.1 Å². The topological polar surface area (TPSA) is 34.1 Å². The molecule has 0 N–H and O–H groups in total. The van der Waals surface area contributed by atoms with Gasteiger partial charge in [0.2, 0.25) is 0 Å². The van der Waals surface area contributed by atoms with Crippen molar-refractivity contribution >= 4 is 28.7 Å². The van der Waals surface area contributed by atoms with Crippen LogP contribution in [-0.2, 0) is 0 Å². The van der Waals surface area contributed by atoms with Crippen molar-refractivity contribution in [1.29, 1.82) is 0 Å². The largest absolute Gasteiger partial charge is 0.294 e. The van der Waals surface area contributed by atoms with Gasteiger partial charge in [-0.25, -0.2) is 0 Å². The molecule has 3 heteroatoms. The first kappa shape index (κ1) is 18.8. The Bertz CT molecular complexity index is 972. The van der Waals surface area contributed by atoms with Gasteiger partial charge < -0.3 is 0 Å². The average Bonchev–Trinajstić information content (AvgIpc) is 2.72. The molecule has 0 aromatic heterocycles. The normalized spacial score (nSPS) is 11.6. The van der Waals surface area contributed by atoms with Crippen LogP contribution in [0.4, 0.5) is 0 Å². The van der Waals surface area contributed by atoms with Crippen molar-refractivity contribution in [2.45, 2.75) is 13.3 Å². The standard InChI is InChI=1S/C24H19ClO2/c1-17(24(27)20-10-6-3-7-11-20)22(18-8-4-2-5-9-18)16-23(26)19-12-14-21(25)15-13-19/h2-15H,16H2,1H3/b22-17-. The zero-order valence-electron chi connectivity index (χ0n) is 15.0. The van der Waals surface area contributed by atoms with E-state index < -0.39 is 0 Å². The molecule has 3 rings (SSSR count). The first-order valence-corrected chi connectivity index (χ1v) is 9.08. The van der Waals surface area contributed by atoms with Gasteiger partial charge in [-0.15, -0.1) is 0 Å². The van der Waals surface area contributed by atoms with Gasteiger partial charge in [-0.3, -0.25) is 9.59 Å². The van der Waals surface area contributed by atoms with Crippen LogP contribution in [0.25, 0.3) is 5.57 Å². The molecule has 27 heavy (non-hydrogen) atoms. The molecule has 0 atom stereocenters. The molecule has 0 fully saturated rings. The molecular weight excluding hydrogens is 356 g/mol. The van der Waals surface area contributed by atoms with Crippen molar-refractivity contribution in [2.75, 3.05) is 0 Å². The number of rotatable bonds is 6. The van der Waals surface area contributed by atoms with Gasteiger partial charge in [0.15, 0.2) is 11.6 Å². The predicted molar refractivity (Wildman–Crippen MR) is 110 cm³/mol. The van der Waals surface area contributed by atoms with Gasteiger partial charge in [-0.05, 0) is 42.3 Å². The predicted octanol–water partition coefficient (Wildman–Crippen LogP) is 6.27. The van der Waals surface area contributed by atoms with E-state index in [9.17, 15) is 9.59 Å². The number of ketones is 2. The molecule has 0 aliphatic rings. The van der Waals surface area contributed by atoms with E-state index in [0.717, 1.165) is 11.1 Å². The second-order valence-electron chi connectivity index (χ2n) is 6.27. The molecule has 134 valence electrons. The number of carbonyl (C=O) groups excluding carboxylic acids is 2. The fourth-order valence-electron chi connectivity index (χ4n) is 2.93. The second kappa shape index (κ2) is 8.61. The Kier molecular flexibility index (Phi) is 6.00. The van der Waals surface area contributed by atoms with E-state index in [0.29, 0.717) is 21.7 Å². The summed E-state index contributed by atoms with van der Waals surface area (Å²) in [5, 5.41) is 0.584. The molecule has 0 saturated heterocycles. The van der Waals surface area contributed by atoms with Crippen molar-refractivity contribution < 1.29 is 9.59 Å². The average molecular weight is 375 g/mol. The molecule has 0 amide bonds. The Labute approximate surface area is 164 Å². The second-order valence-corrected chi connectivity index (χ2v) is 6.71. The van der Waals surface area contributed by atoms with Crippen LogP contribution in [0.15, 0.2) is 90.5 Å². The maximum atomic E-state index is 12.9.